The fourth-order valence-electron chi connectivity index (χ4n) is 0.505. The number of allylic oxidation sites excluding steroid dienone is 1. The second-order valence-electron chi connectivity index (χ2n) is 1.81. The molecule has 0 rings (SSSR count). The van der Waals surface area contributed by atoms with Crippen molar-refractivity contribution in [1.29, 1.82) is 0 Å². The van der Waals surface area contributed by atoms with Gasteiger partial charge in [-0.15, -0.1) is 0 Å². The Balaban J connectivity index is 2.86. The van der Waals surface area contributed by atoms with Crippen LogP contribution in [0.4, 0.5) is 0 Å². The molecule has 0 radical (unpaired) electrons. The highest BCUT2D eigenvalue weighted by Crippen LogP contribution is 1.95. The fraction of sp³-hybridized carbons (Fsp3) is 0.714. The monoisotopic (exact) mass is 240 g/mol. The molecule has 0 unspecified atom stereocenters. The van der Waals surface area contributed by atoms with Crippen LogP contribution in [0.1, 0.15) is 19.3 Å². The average Bonchev–Trinajstić information content (AvgIpc) is 1.89. The maximum atomic E-state index is 8.37. The van der Waals surface area contributed by atoms with Crippen LogP contribution in [0.25, 0.3) is 0 Å². The molecule has 0 saturated heterocycles. The predicted octanol–water partition coefficient (Wildman–Crippen LogP) is 2.14. The third kappa shape index (κ3) is 8.43. The zero-order valence-electron chi connectivity index (χ0n) is 5.52. The lowest BCUT2D eigenvalue weighted by Crippen LogP contribution is -1.76. The van der Waals surface area contributed by atoms with Gasteiger partial charge >= 0.3 is 0 Å². The molecule has 0 aromatic rings. The summed E-state index contributed by atoms with van der Waals surface area (Å²) in [6.07, 6.45) is 7.38. The zero-order chi connectivity index (χ0) is 6.95. The van der Waals surface area contributed by atoms with Crippen LogP contribution in [0.3, 0.4) is 0 Å². The maximum absolute atomic E-state index is 8.37. The third-order valence-corrected chi connectivity index (χ3v) is 1.73. The Bertz CT molecular complexity index is 71.3. The molecule has 1 nitrogen and oxygen atoms in total. The molecule has 0 aliphatic rings. The van der Waals surface area contributed by atoms with Crippen LogP contribution in [-0.2, 0) is 0 Å². The number of aliphatic hydroxyl groups excluding tert-OH is 1. The Morgan fingerprint density at radius 3 is 2.44 bits per heavy atom. The molecule has 0 aromatic carbocycles. The zero-order valence-corrected chi connectivity index (χ0v) is 7.67. The molecule has 0 saturated carbocycles. The van der Waals surface area contributed by atoms with Gasteiger partial charge in [0.05, 0.1) is 0 Å². The van der Waals surface area contributed by atoms with Crippen molar-refractivity contribution in [2.24, 2.45) is 0 Å². The highest BCUT2D eigenvalue weighted by Gasteiger charge is 1.77. The molecule has 54 valence electrons. The van der Waals surface area contributed by atoms with Crippen molar-refractivity contribution >= 4 is 22.6 Å². The molecule has 0 amide bonds. The van der Waals surface area contributed by atoms with Crippen LogP contribution in [0.2, 0.25) is 0 Å². The molecule has 1 N–H and O–H groups in total. The first-order valence-electron chi connectivity index (χ1n) is 3.23. The maximum Gasteiger partial charge on any atom is 0.0465 e. The smallest absolute Gasteiger partial charge is 0.0465 e. The Kier molecular flexibility index (Phi) is 8.83. The summed E-state index contributed by atoms with van der Waals surface area (Å²) in [6.45, 7) is 0.279. The molecule has 0 aliphatic carbocycles. The number of hydrogen-bond donors (Lipinski definition) is 1. The molecule has 2 heteroatoms. The summed E-state index contributed by atoms with van der Waals surface area (Å²) in [7, 11) is 0. The second-order valence-corrected chi connectivity index (χ2v) is 2.89. The first kappa shape index (κ1) is 9.43. The predicted molar refractivity (Wildman–Crippen MR) is 49.0 cm³/mol. The van der Waals surface area contributed by atoms with E-state index in [0.29, 0.717) is 0 Å². The lowest BCUT2D eigenvalue weighted by molar-refractivity contribution is 0.302. The summed E-state index contributed by atoms with van der Waals surface area (Å²) >= 11 is 2.37. The summed E-state index contributed by atoms with van der Waals surface area (Å²) in [4.78, 5) is 0. The van der Waals surface area contributed by atoms with Crippen molar-refractivity contribution in [1.82, 2.24) is 0 Å². The van der Waals surface area contributed by atoms with Crippen molar-refractivity contribution in [3.63, 3.8) is 0 Å². The number of rotatable bonds is 5. The van der Waals surface area contributed by atoms with Crippen molar-refractivity contribution in [3.8, 4) is 0 Å². The van der Waals surface area contributed by atoms with E-state index in [9.17, 15) is 0 Å². The van der Waals surface area contributed by atoms with Gasteiger partial charge in [0.15, 0.2) is 0 Å². The van der Waals surface area contributed by atoms with E-state index in [1.54, 1.807) is 0 Å². The SMILES string of the molecule is OCC/C=C\CCCI. The Morgan fingerprint density at radius 1 is 1.22 bits per heavy atom. The Labute approximate surface area is 70.3 Å². The van der Waals surface area contributed by atoms with Crippen LogP contribution < -0.4 is 0 Å². The van der Waals surface area contributed by atoms with Gasteiger partial charge in [0.2, 0.25) is 0 Å². The van der Waals surface area contributed by atoms with E-state index in [0.717, 1.165) is 12.8 Å². The van der Waals surface area contributed by atoms with Gasteiger partial charge in [-0.1, -0.05) is 34.7 Å². The van der Waals surface area contributed by atoms with E-state index in [2.05, 4.69) is 28.7 Å². The van der Waals surface area contributed by atoms with E-state index in [-0.39, 0.29) is 6.61 Å². The fourth-order valence-corrected chi connectivity index (χ4v) is 0.946. The van der Waals surface area contributed by atoms with Crippen molar-refractivity contribution < 1.29 is 5.11 Å². The van der Waals surface area contributed by atoms with Crippen LogP contribution in [-0.4, -0.2) is 16.1 Å². The highest BCUT2D eigenvalue weighted by atomic mass is 127. The lowest BCUT2D eigenvalue weighted by atomic mass is 10.3. The number of alkyl halides is 1. The van der Waals surface area contributed by atoms with Gasteiger partial charge in [0, 0.05) is 6.61 Å². The van der Waals surface area contributed by atoms with Gasteiger partial charge in [0.1, 0.15) is 0 Å². The molecule has 0 aromatic heterocycles. The molecular weight excluding hydrogens is 227 g/mol. The minimum Gasteiger partial charge on any atom is -0.396 e. The van der Waals surface area contributed by atoms with Gasteiger partial charge in [-0.3, -0.25) is 0 Å². The molecule has 0 aliphatic heterocycles. The molecular formula is C7H13IO. The summed E-state index contributed by atoms with van der Waals surface area (Å²) in [6, 6.07) is 0. The van der Waals surface area contributed by atoms with Crippen molar-refractivity contribution in [2.45, 2.75) is 19.3 Å². The summed E-state index contributed by atoms with van der Waals surface area (Å²) in [5.74, 6) is 0. The summed E-state index contributed by atoms with van der Waals surface area (Å²) < 4.78 is 1.22. The number of hydrogen-bond acceptors (Lipinski definition) is 1. The third-order valence-electron chi connectivity index (χ3n) is 0.967. The molecule has 0 bridgehead atoms. The summed E-state index contributed by atoms with van der Waals surface area (Å²) in [5, 5.41) is 8.37. The van der Waals surface area contributed by atoms with E-state index in [1.807, 2.05) is 6.08 Å². The van der Waals surface area contributed by atoms with Crippen LogP contribution in [0.15, 0.2) is 12.2 Å². The van der Waals surface area contributed by atoms with Gasteiger partial charge < -0.3 is 5.11 Å². The average molecular weight is 240 g/mol. The topological polar surface area (TPSA) is 20.2 Å². The minimum atomic E-state index is 0.279. The standard InChI is InChI=1S/C7H13IO/c8-6-4-2-1-3-5-7-9/h1,3,9H,2,4-7H2/b3-1-. The molecule has 0 fully saturated rings. The number of aliphatic hydroxyl groups is 1. The van der Waals surface area contributed by atoms with Crippen LogP contribution >= 0.6 is 22.6 Å². The van der Waals surface area contributed by atoms with Crippen molar-refractivity contribution in [2.75, 3.05) is 11.0 Å². The number of halogens is 1. The lowest BCUT2D eigenvalue weighted by Gasteiger charge is -1.86. The van der Waals surface area contributed by atoms with E-state index in [1.165, 1.54) is 10.8 Å². The molecule has 9 heavy (non-hydrogen) atoms. The normalized spacial score (nSPS) is 10.9. The quantitative estimate of drug-likeness (QED) is 0.338. The largest absolute Gasteiger partial charge is 0.396 e. The van der Waals surface area contributed by atoms with E-state index in [4.69, 9.17) is 5.11 Å². The van der Waals surface area contributed by atoms with Gasteiger partial charge in [-0.05, 0) is 23.7 Å². The highest BCUT2D eigenvalue weighted by molar-refractivity contribution is 14.1. The Morgan fingerprint density at radius 2 is 1.89 bits per heavy atom. The minimum absolute atomic E-state index is 0.279. The van der Waals surface area contributed by atoms with Gasteiger partial charge in [0.25, 0.3) is 0 Å². The molecule has 0 heterocycles. The molecule has 0 spiro atoms. The summed E-state index contributed by atoms with van der Waals surface area (Å²) in [5.41, 5.74) is 0. The first-order valence-corrected chi connectivity index (χ1v) is 4.76. The van der Waals surface area contributed by atoms with Gasteiger partial charge in [-0.25, -0.2) is 0 Å². The van der Waals surface area contributed by atoms with Crippen LogP contribution in [0.5, 0.6) is 0 Å². The second kappa shape index (κ2) is 8.43. The van der Waals surface area contributed by atoms with E-state index < -0.39 is 0 Å². The first-order chi connectivity index (χ1) is 4.41. The number of unbranched alkanes of at least 4 members (excludes halogenated alkanes) is 1. The molecule has 0 atom stereocenters. The van der Waals surface area contributed by atoms with E-state index >= 15 is 0 Å². The van der Waals surface area contributed by atoms with Gasteiger partial charge in [-0.2, -0.15) is 0 Å². The van der Waals surface area contributed by atoms with Crippen molar-refractivity contribution in [3.05, 3.63) is 12.2 Å². The van der Waals surface area contributed by atoms with Crippen LogP contribution in [0, 0.1) is 0 Å². The Hall–Kier alpha value is 0.430.